The monoisotopic (exact) mass is 439 g/mol. The Kier molecular flexibility index (Phi) is 6.06. The normalized spacial score (nSPS) is 18.2. The molecule has 2 aliphatic rings. The van der Waals surface area contributed by atoms with Crippen molar-refractivity contribution < 1.29 is 19.2 Å². The highest BCUT2D eigenvalue weighted by Crippen LogP contribution is 2.35. The fourth-order valence-corrected chi connectivity index (χ4v) is 4.47. The van der Waals surface area contributed by atoms with Gasteiger partial charge in [-0.25, -0.2) is 0 Å². The molecule has 2 saturated heterocycles. The van der Waals surface area contributed by atoms with Crippen LogP contribution in [-0.4, -0.2) is 47.3 Å². The summed E-state index contributed by atoms with van der Waals surface area (Å²) in [5.74, 6) is -0.392. The second-order valence-corrected chi connectivity index (χ2v) is 8.35. The highest BCUT2D eigenvalue weighted by atomic mass is 32.2. The van der Waals surface area contributed by atoms with E-state index in [-0.39, 0.29) is 22.4 Å². The minimum atomic E-state index is -0.425. The number of carbonyl (C=O) groups excluding carboxylic acids is 2. The Morgan fingerprint density at radius 1 is 1.16 bits per heavy atom. The maximum Gasteiger partial charge on any atom is 0.293 e. The highest BCUT2D eigenvalue weighted by Gasteiger charge is 2.35. The molecule has 0 bridgehead atoms. The number of imide groups is 1. The van der Waals surface area contributed by atoms with Gasteiger partial charge in [0.2, 0.25) is 0 Å². The van der Waals surface area contributed by atoms with Gasteiger partial charge in [-0.15, -0.1) is 0 Å². The lowest BCUT2D eigenvalue weighted by Gasteiger charge is -2.28. The van der Waals surface area contributed by atoms with E-state index in [9.17, 15) is 19.7 Å². The van der Waals surface area contributed by atoms with E-state index in [0.29, 0.717) is 37.6 Å². The van der Waals surface area contributed by atoms with Crippen molar-refractivity contribution in [2.45, 2.75) is 13.5 Å². The summed E-state index contributed by atoms with van der Waals surface area (Å²) in [6, 6.07) is 12.5. The number of rotatable bonds is 5. The first-order valence-electron chi connectivity index (χ1n) is 9.84. The molecule has 0 spiro atoms. The fourth-order valence-electron chi connectivity index (χ4n) is 3.63. The van der Waals surface area contributed by atoms with Gasteiger partial charge in [-0.2, -0.15) is 0 Å². The van der Waals surface area contributed by atoms with Gasteiger partial charge in [-0.1, -0.05) is 35.9 Å². The summed E-state index contributed by atoms with van der Waals surface area (Å²) in [5.41, 5.74) is 2.92. The summed E-state index contributed by atoms with van der Waals surface area (Å²) in [4.78, 5) is 39.8. The summed E-state index contributed by atoms with van der Waals surface area (Å²) >= 11 is 0.848. The number of hydrogen-bond donors (Lipinski definition) is 0. The molecule has 0 unspecified atom stereocenters. The van der Waals surface area contributed by atoms with Crippen LogP contribution in [-0.2, 0) is 16.1 Å². The third-order valence-corrected chi connectivity index (χ3v) is 6.05. The van der Waals surface area contributed by atoms with E-state index in [2.05, 4.69) is 0 Å². The quantitative estimate of drug-likeness (QED) is 0.395. The third-order valence-electron chi connectivity index (χ3n) is 5.14. The van der Waals surface area contributed by atoms with E-state index in [1.54, 1.807) is 12.1 Å². The molecule has 0 radical (unpaired) electrons. The molecule has 160 valence electrons. The Morgan fingerprint density at radius 3 is 2.65 bits per heavy atom. The van der Waals surface area contributed by atoms with Gasteiger partial charge in [0.05, 0.1) is 29.6 Å². The van der Waals surface area contributed by atoms with E-state index in [1.807, 2.05) is 36.1 Å². The number of ether oxygens (including phenoxy) is 1. The first-order valence-corrected chi connectivity index (χ1v) is 10.7. The van der Waals surface area contributed by atoms with Gasteiger partial charge in [-0.3, -0.25) is 24.6 Å². The molecule has 2 amide bonds. The molecule has 0 aliphatic carbocycles. The number of hydrogen-bond acceptors (Lipinski definition) is 7. The van der Waals surface area contributed by atoms with Crippen molar-refractivity contribution in [3.63, 3.8) is 0 Å². The Morgan fingerprint density at radius 2 is 1.94 bits per heavy atom. The number of thioether (sulfide) groups is 1. The SMILES string of the molecule is Cc1cccc(CN2C(=O)S/C(=C\c3ccc(N4CCOCC4)c([N+](=O)[O-])c3)C2=O)c1. The largest absolute Gasteiger partial charge is 0.378 e. The van der Waals surface area contributed by atoms with Crippen LogP contribution < -0.4 is 4.90 Å². The van der Waals surface area contributed by atoms with Crippen LogP contribution in [0.25, 0.3) is 6.08 Å². The number of carbonyl (C=O) groups is 2. The molecule has 2 heterocycles. The summed E-state index contributed by atoms with van der Waals surface area (Å²) in [7, 11) is 0. The molecule has 0 saturated carbocycles. The van der Waals surface area contributed by atoms with Gasteiger partial charge in [0, 0.05) is 19.2 Å². The molecule has 0 N–H and O–H groups in total. The van der Waals surface area contributed by atoms with Gasteiger partial charge in [-0.05, 0) is 42.0 Å². The summed E-state index contributed by atoms with van der Waals surface area (Å²) in [6.45, 7) is 4.35. The molecule has 2 aliphatic heterocycles. The minimum Gasteiger partial charge on any atom is -0.378 e. The summed E-state index contributed by atoms with van der Waals surface area (Å²) in [6.07, 6.45) is 1.54. The van der Waals surface area contributed by atoms with Crippen LogP contribution in [0.5, 0.6) is 0 Å². The molecule has 9 heteroatoms. The van der Waals surface area contributed by atoms with Crippen molar-refractivity contribution in [1.29, 1.82) is 0 Å². The van der Waals surface area contributed by atoms with Crippen LogP contribution in [0.3, 0.4) is 0 Å². The van der Waals surface area contributed by atoms with Crippen molar-refractivity contribution in [1.82, 2.24) is 4.90 Å². The minimum absolute atomic E-state index is 0.0327. The molecule has 2 aromatic rings. The van der Waals surface area contributed by atoms with Gasteiger partial charge in [0.1, 0.15) is 5.69 Å². The number of morpholine rings is 1. The van der Waals surface area contributed by atoms with Crippen LogP contribution in [0.1, 0.15) is 16.7 Å². The molecule has 2 fully saturated rings. The van der Waals surface area contributed by atoms with Gasteiger partial charge >= 0.3 is 0 Å². The summed E-state index contributed by atoms with van der Waals surface area (Å²) < 4.78 is 5.32. The number of nitro benzene ring substituents is 1. The Balaban J connectivity index is 1.58. The van der Waals surface area contributed by atoms with Crippen LogP contribution in [0.2, 0.25) is 0 Å². The van der Waals surface area contributed by atoms with Crippen LogP contribution in [0, 0.1) is 17.0 Å². The van der Waals surface area contributed by atoms with Crippen LogP contribution in [0.4, 0.5) is 16.2 Å². The number of nitrogens with zero attached hydrogens (tertiary/aromatic N) is 3. The van der Waals surface area contributed by atoms with Crippen LogP contribution >= 0.6 is 11.8 Å². The molecule has 0 aromatic heterocycles. The standard InChI is InChI=1S/C22H21N3O5S/c1-15-3-2-4-17(11-15)14-24-21(26)20(31-22(24)27)13-16-5-6-18(19(12-16)25(28)29)23-7-9-30-10-8-23/h2-6,11-13H,7-10,14H2,1H3/b20-13-. The average Bonchev–Trinajstić information content (AvgIpc) is 3.01. The lowest BCUT2D eigenvalue weighted by Crippen LogP contribution is -2.36. The van der Waals surface area contributed by atoms with Crippen molar-refractivity contribution in [2.24, 2.45) is 0 Å². The predicted octanol–water partition coefficient (Wildman–Crippen LogP) is 3.98. The Hall–Kier alpha value is -3.17. The number of nitro groups is 1. The molecule has 4 rings (SSSR count). The Labute approximate surface area is 183 Å². The number of amides is 2. The molecular weight excluding hydrogens is 418 g/mol. The predicted molar refractivity (Wildman–Crippen MR) is 119 cm³/mol. The Bertz CT molecular complexity index is 1080. The zero-order chi connectivity index (χ0) is 22.0. The number of anilines is 1. The maximum absolute atomic E-state index is 12.8. The van der Waals surface area contributed by atoms with Crippen molar-refractivity contribution >= 4 is 40.4 Å². The smallest absolute Gasteiger partial charge is 0.293 e. The first-order chi connectivity index (χ1) is 14.9. The van der Waals surface area contributed by atoms with Crippen molar-refractivity contribution in [3.05, 3.63) is 74.2 Å². The van der Waals surface area contributed by atoms with E-state index in [0.717, 1.165) is 22.9 Å². The maximum atomic E-state index is 12.8. The van der Waals surface area contributed by atoms with E-state index < -0.39 is 10.8 Å². The lowest BCUT2D eigenvalue weighted by molar-refractivity contribution is -0.384. The summed E-state index contributed by atoms with van der Waals surface area (Å²) in [5, 5.41) is 11.3. The van der Waals surface area contributed by atoms with Gasteiger partial charge in [0.15, 0.2) is 0 Å². The van der Waals surface area contributed by atoms with Crippen molar-refractivity contribution in [2.75, 3.05) is 31.2 Å². The highest BCUT2D eigenvalue weighted by molar-refractivity contribution is 8.18. The lowest BCUT2D eigenvalue weighted by atomic mass is 10.1. The van der Waals surface area contributed by atoms with E-state index in [4.69, 9.17) is 4.74 Å². The molecule has 2 aromatic carbocycles. The topological polar surface area (TPSA) is 93.0 Å². The fraction of sp³-hybridized carbons (Fsp3) is 0.273. The second-order valence-electron chi connectivity index (χ2n) is 7.36. The molecule has 8 nitrogen and oxygen atoms in total. The van der Waals surface area contributed by atoms with Gasteiger partial charge in [0.25, 0.3) is 16.8 Å². The molecular formula is C22H21N3O5S. The van der Waals surface area contributed by atoms with Crippen LogP contribution in [0.15, 0.2) is 47.4 Å². The molecule has 31 heavy (non-hydrogen) atoms. The third kappa shape index (κ3) is 4.62. The number of aryl methyl sites for hydroxylation is 1. The average molecular weight is 439 g/mol. The second kappa shape index (κ2) is 8.91. The first kappa shape index (κ1) is 21.1. The van der Waals surface area contributed by atoms with Crippen molar-refractivity contribution in [3.8, 4) is 0 Å². The van der Waals surface area contributed by atoms with Gasteiger partial charge < -0.3 is 9.64 Å². The van der Waals surface area contributed by atoms with E-state index in [1.165, 1.54) is 17.0 Å². The van der Waals surface area contributed by atoms with E-state index >= 15 is 0 Å². The molecule has 0 atom stereocenters. The zero-order valence-corrected chi connectivity index (χ0v) is 17.8. The number of benzene rings is 2. The zero-order valence-electron chi connectivity index (χ0n) is 16.9.